The van der Waals surface area contributed by atoms with E-state index in [0.717, 1.165) is 16.3 Å². The molecular weight excluding hydrogens is 388 g/mol. The smallest absolute Gasteiger partial charge is 0.236 e. The summed E-state index contributed by atoms with van der Waals surface area (Å²) in [7, 11) is 0. The number of para-hydroxylation sites is 1. The average molecular weight is 401 g/mol. The molecule has 26 heavy (non-hydrogen) atoms. The monoisotopic (exact) mass is 400 g/mol. The molecule has 1 amide bonds. The zero-order valence-corrected chi connectivity index (χ0v) is 15.7. The molecule has 0 aliphatic carbocycles. The summed E-state index contributed by atoms with van der Waals surface area (Å²) in [5.41, 5.74) is 1.72. The van der Waals surface area contributed by atoms with Crippen LogP contribution in [0.25, 0.3) is 16.3 Å². The van der Waals surface area contributed by atoms with Gasteiger partial charge in [-0.1, -0.05) is 36.0 Å². The number of hydrogen-bond donors (Lipinski definition) is 1. The number of hydrogen-bond acceptors (Lipinski definition) is 8. The van der Waals surface area contributed by atoms with Crippen LogP contribution in [0.1, 0.15) is 0 Å². The Bertz CT molecular complexity index is 996. The van der Waals surface area contributed by atoms with Gasteiger partial charge in [0.15, 0.2) is 5.13 Å². The van der Waals surface area contributed by atoms with Gasteiger partial charge in [-0.05, 0) is 34.0 Å². The molecule has 1 N–H and O–H groups in total. The Hall–Kier alpha value is -2.56. The standard InChI is InChI=1S/C16H12N6OS3/c23-14(18-15-17-12(9-25-15)13-7-4-8-24-13)10-26-16-19-20-21-22(16)11-5-2-1-3-6-11/h1-9H,10H2,(H,17,18,23). The Morgan fingerprint density at radius 2 is 2.04 bits per heavy atom. The molecule has 0 aliphatic rings. The number of thiazole rings is 1. The van der Waals surface area contributed by atoms with E-state index in [0.29, 0.717) is 10.3 Å². The number of rotatable bonds is 6. The van der Waals surface area contributed by atoms with E-state index < -0.39 is 0 Å². The number of tetrazole rings is 1. The van der Waals surface area contributed by atoms with Gasteiger partial charge in [0.25, 0.3) is 0 Å². The van der Waals surface area contributed by atoms with Crippen molar-refractivity contribution in [2.24, 2.45) is 0 Å². The maximum absolute atomic E-state index is 12.2. The molecule has 0 unspecified atom stereocenters. The van der Waals surface area contributed by atoms with Crippen molar-refractivity contribution >= 4 is 45.5 Å². The Kier molecular flexibility index (Phi) is 5.04. The van der Waals surface area contributed by atoms with Gasteiger partial charge in [-0.2, -0.15) is 4.68 Å². The fourth-order valence-electron chi connectivity index (χ4n) is 2.15. The van der Waals surface area contributed by atoms with Crippen LogP contribution in [0.15, 0.2) is 58.4 Å². The number of carbonyl (C=O) groups is 1. The first-order valence-corrected chi connectivity index (χ1v) is 10.3. The predicted molar refractivity (Wildman–Crippen MR) is 104 cm³/mol. The molecule has 4 aromatic rings. The fraction of sp³-hybridized carbons (Fsp3) is 0.0625. The van der Waals surface area contributed by atoms with E-state index >= 15 is 0 Å². The zero-order chi connectivity index (χ0) is 17.8. The number of aromatic nitrogens is 5. The number of thioether (sulfide) groups is 1. The van der Waals surface area contributed by atoms with Crippen LogP contribution in [-0.4, -0.2) is 36.9 Å². The van der Waals surface area contributed by atoms with Crippen molar-refractivity contribution in [1.82, 2.24) is 25.2 Å². The SMILES string of the molecule is O=C(CSc1nnnn1-c1ccccc1)Nc1nc(-c2cccs2)cs1. The van der Waals surface area contributed by atoms with E-state index in [1.165, 1.54) is 23.1 Å². The maximum Gasteiger partial charge on any atom is 0.236 e. The molecule has 0 fully saturated rings. The Balaban J connectivity index is 1.37. The number of thiophene rings is 1. The van der Waals surface area contributed by atoms with E-state index in [1.807, 2.05) is 53.2 Å². The minimum absolute atomic E-state index is 0.148. The minimum Gasteiger partial charge on any atom is -0.301 e. The molecule has 0 radical (unpaired) electrons. The molecular formula is C16H12N6OS3. The molecule has 0 saturated heterocycles. The third kappa shape index (κ3) is 3.82. The first kappa shape index (κ1) is 16.9. The molecule has 0 aliphatic heterocycles. The lowest BCUT2D eigenvalue weighted by Crippen LogP contribution is -2.14. The summed E-state index contributed by atoms with van der Waals surface area (Å²) in [4.78, 5) is 17.7. The van der Waals surface area contributed by atoms with E-state index in [1.54, 1.807) is 16.0 Å². The highest BCUT2D eigenvalue weighted by molar-refractivity contribution is 7.99. The van der Waals surface area contributed by atoms with Crippen LogP contribution in [0.3, 0.4) is 0 Å². The van der Waals surface area contributed by atoms with E-state index in [-0.39, 0.29) is 11.7 Å². The molecule has 10 heteroatoms. The van der Waals surface area contributed by atoms with E-state index in [9.17, 15) is 4.79 Å². The van der Waals surface area contributed by atoms with Crippen LogP contribution < -0.4 is 5.32 Å². The van der Waals surface area contributed by atoms with Crippen LogP contribution in [0.4, 0.5) is 5.13 Å². The highest BCUT2D eigenvalue weighted by Crippen LogP contribution is 2.28. The lowest BCUT2D eigenvalue weighted by atomic mass is 10.3. The van der Waals surface area contributed by atoms with Gasteiger partial charge in [0.1, 0.15) is 0 Å². The molecule has 0 atom stereocenters. The summed E-state index contributed by atoms with van der Waals surface area (Å²) in [5.74, 6) is 0.0471. The van der Waals surface area contributed by atoms with Gasteiger partial charge >= 0.3 is 0 Å². The second-order valence-corrected chi connectivity index (χ2v) is 7.81. The van der Waals surface area contributed by atoms with E-state index in [4.69, 9.17) is 0 Å². The predicted octanol–water partition coefficient (Wildman–Crippen LogP) is 3.58. The van der Waals surface area contributed by atoms with Crippen molar-refractivity contribution in [2.75, 3.05) is 11.1 Å². The summed E-state index contributed by atoms with van der Waals surface area (Å²) >= 11 is 4.30. The Morgan fingerprint density at radius 1 is 1.15 bits per heavy atom. The van der Waals surface area contributed by atoms with Crippen LogP contribution in [0.2, 0.25) is 0 Å². The highest BCUT2D eigenvalue weighted by atomic mass is 32.2. The molecule has 3 heterocycles. The molecule has 0 bridgehead atoms. The molecule has 3 aromatic heterocycles. The summed E-state index contributed by atoms with van der Waals surface area (Å²) in [5, 5.41) is 19.6. The lowest BCUT2D eigenvalue weighted by Gasteiger charge is -2.04. The van der Waals surface area contributed by atoms with Gasteiger partial charge in [-0.3, -0.25) is 4.79 Å². The first-order chi connectivity index (χ1) is 12.8. The van der Waals surface area contributed by atoms with Crippen LogP contribution in [-0.2, 0) is 4.79 Å². The minimum atomic E-state index is -0.148. The molecule has 7 nitrogen and oxygen atoms in total. The second kappa shape index (κ2) is 7.77. The number of amides is 1. The number of anilines is 1. The summed E-state index contributed by atoms with van der Waals surface area (Å²) in [6, 6.07) is 13.5. The van der Waals surface area contributed by atoms with Crippen molar-refractivity contribution in [2.45, 2.75) is 5.16 Å². The van der Waals surface area contributed by atoms with Crippen LogP contribution in [0, 0.1) is 0 Å². The molecule has 4 rings (SSSR count). The van der Waals surface area contributed by atoms with Gasteiger partial charge in [-0.15, -0.1) is 27.8 Å². The number of benzene rings is 1. The number of nitrogens with one attached hydrogen (secondary N) is 1. The quantitative estimate of drug-likeness (QED) is 0.498. The van der Waals surface area contributed by atoms with Crippen molar-refractivity contribution in [1.29, 1.82) is 0 Å². The largest absolute Gasteiger partial charge is 0.301 e. The van der Waals surface area contributed by atoms with Crippen molar-refractivity contribution < 1.29 is 4.79 Å². The van der Waals surface area contributed by atoms with Gasteiger partial charge in [-0.25, -0.2) is 4.98 Å². The maximum atomic E-state index is 12.2. The normalized spacial score (nSPS) is 10.8. The fourth-order valence-corrected chi connectivity index (χ4v) is 4.33. The molecule has 1 aromatic carbocycles. The third-order valence-corrected chi connectivity index (χ3v) is 5.87. The van der Waals surface area contributed by atoms with Crippen LogP contribution in [0.5, 0.6) is 0 Å². The van der Waals surface area contributed by atoms with E-state index in [2.05, 4.69) is 25.8 Å². The first-order valence-electron chi connectivity index (χ1n) is 7.55. The number of carbonyl (C=O) groups excluding carboxylic acids is 1. The van der Waals surface area contributed by atoms with Crippen molar-refractivity contribution in [3.63, 3.8) is 0 Å². The summed E-state index contributed by atoms with van der Waals surface area (Å²) in [6.45, 7) is 0. The summed E-state index contributed by atoms with van der Waals surface area (Å²) in [6.07, 6.45) is 0. The molecule has 0 spiro atoms. The highest BCUT2D eigenvalue weighted by Gasteiger charge is 2.13. The van der Waals surface area contributed by atoms with Gasteiger partial charge in [0.05, 0.1) is 22.0 Å². The lowest BCUT2D eigenvalue weighted by molar-refractivity contribution is -0.113. The van der Waals surface area contributed by atoms with Crippen molar-refractivity contribution in [3.05, 3.63) is 53.2 Å². The molecule has 0 saturated carbocycles. The van der Waals surface area contributed by atoms with Gasteiger partial charge in [0.2, 0.25) is 11.1 Å². The van der Waals surface area contributed by atoms with Crippen molar-refractivity contribution in [3.8, 4) is 16.3 Å². The second-order valence-electron chi connectivity index (χ2n) is 5.06. The number of nitrogens with zero attached hydrogens (tertiary/aromatic N) is 5. The van der Waals surface area contributed by atoms with Crippen LogP contribution >= 0.6 is 34.4 Å². The topological polar surface area (TPSA) is 85.6 Å². The van der Waals surface area contributed by atoms with Gasteiger partial charge in [0, 0.05) is 5.38 Å². The Morgan fingerprint density at radius 3 is 2.85 bits per heavy atom. The third-order valence-electron chi connectivity index (χ3n) is 3.30. The zero-order valence-electron chi connectivity index (χ0n) is 13.3. The molecule has 130 valence electrons. The Labute approximate surface area is 161 Å². The summed E-state index contributed by atoms with van der Waals surface area (Å²) < 4.78 is 1.61. The van der Waals surface area contributed by atoms with Gasteiger partial charge < -0.3 is 5.32 Å². The average Bonchev–Trinajstić information content (AvgIpc) is 3.41.